The van der Waals surface area contributed by atoms with E-state index in [0.29, 0.717) is 37.1 Å². The van der Waals surface area contributed by atoms with Gasteiger partial charge in [-0.25, -0.2) is 32.7 Å². The predicted octanol–water partition coefficient (Wildman–Crippen LogP) is 3.64. The largest absolute Gasteiger partial charge is 0.444 e. The first-order valence-electron chi connectivity index (χ1n) is 12.7. The Labute approximate surface area is 232 Å². The number of ether oxygens (including phenoxy) is 1. The summed E-state index contributed by atoms with van der Waals surface area (Å²) >= 11 is 0. The van der Waals surface area contributed by atoms with Crippen molar-refractivity contribution in [3.05, 3.63) is 52.7 Å². The first-order chi connectivity index (χ1) is 18.7. The number of aryl methyl sites for hydroxylation is 1. The number of hydrogen-bond donors (Lipinski definition) is 2. The summed E-state index contributed by atoms with van der Waals surface area (Å²) in [5.74, 6) is -1.56. The van der Waals surface area contributed by atoms with Crippen molar-refractivity contribution in [3.8, 4) is 6.07 Å². The number of aromatic nitrogens is 2. The van der Waals surface area contributed by atoms with E-state index >= 15 is 4.39 Å². The Hall–Kier alpha value is -4.12. The third-order valence-corrected chi connectivity index (χ3v) is 8.67. The first kappa shape index (κ1) is 28.9. The highest BCUT2D eigenvalue weighted by molar-refractivity contribution is 7.92. The van der Waals surface area contributed by atoms with Crippen molar-refractivity contribution < 1.29 is 22.9 Å². The van der Waals surface area contributed by atoms with E-state index in [1.54, 1.807) is 34.6 Å². The number of anilines is 1. The van der Waals surface area contributed by atoms with E-state index in [4.69, 9.17) is 10.00 Å². The van der Waals surface area contributed by atoms with Crippen LogP contribution in [0.25, 0.3) is 0 Å². The van der Waals surface area contributed by atoms with Crippen molar-refractivity contribution in [2.75, 3.05) is 24.2 Å². The Balaban J connectivity index is 1.73. The number of fused-ring (bicyclic) bond motifs is 1. The molecule has 0 fully saturated rings. The van der Waals surface area contributed by atoms with Crippen molar-refractivity contribution in [2.24, 2.45) is 9.36 Å². The number of nitriles is 1. The number of hydrogen-bond acceptors (Lipinski definition) is 9. The topological polar surface area (TPSA) is 162 Å². The fraction of sp³-hybridized carbons (Fsp3) is 0.462. The van der Waals surface area contributed by atoms with Crippen LogP contribution < -0.4 is 10.6 Å². The molecule has 0 bridgehead atoms. The maximum absolute atomic E-state index is 15.3. The van der Waals surface area contributed by atoms with Crippen molar-refractivity contribution in [1.82, 2.24) is 19.6 Å². The zero-order valence-corrected chi connectivity index (χ0v) is 23.8. The number of halogens is 1. The highest BCUT2D eigenvalue weighted by atomic mass is 32.2. The molecule has 4 rings (SSSR count). The molecule has 2 aliphatic rings. The van der Waals surface area contributed by atoms with Gasteiger partial charge >= 0.3 is 6.09 Å². The van der Waals surface area contributed by atoms with Crippen LogP contribution >= 0.6 is 0 Å². The second-order valence-corrected chi connectivity index (χ2v) is 12.9. The van der Waals surface area contributed by atoms with E-state index in [1.165, 1.54) is 22.6 Å². The smallest absolute Gasteiger partial charge is 0.414 e. The van der Waals surface area contributed by atoms with E-state index < -0.39 is 38.9 Å². The minimum absolute atomic E-state index is 0.0141. The summed E-state index contributed by atoms with van der Waals surface area (Å²) in [6.07, 6.45) is 1.84. The molecule has 2 N–H and O–H groups in total. The Morgan fingerprint density at radius 1 is 1.25 bits per heavy atom. The molecule has 0 unspecified atom stereocenters. The molecule has 2 aromatic rings. The standard InChI is InChI=1S/C26H31FN8O4S/c1-16-12-17(13-28)14-29-20(16)22(36)32-19-9-8-18(27)21(31-19)26(5)15-40(38)30-10-6-7-11-35(40)23(34-26)33-24(37)39-25(2,3)4/h8-9,12,14H,6-7,10-11,15H2,1-5H3,(H,31,32,36)(H,33,34,37)/t26-,40+/m0/s1. The number of rotatable bonds is 3. The summed E-state index contributed by atoms with van der Waals surface area (Å²) in [6, 6.07) is 5.90. The molecule has 2 amide bonds. The van der Waals surface area contributed by atoms with Gasteiger partial charge in [-0.1, -0.05) is 0 Å². The van der Waals surface area contributed by atoms with E-state index in [9.17, 15) is 13.8 Å². The van der Waals surface area contributed by atoms with Gasteiger partial charge in [-0.2, -0.15) is 5.26 Å². The second-order valence-electron chi connectivity index (χ2n) is 10.7. The van der Waals surface area contributed by atoms with Gasteiger partial charge in [0.1, 0.15) is 50.1 Å². The fourth-order valence-electron chi connectivity index (χ4n) is 4.38. The van der Waals surface area contributed by atoms with Crippen LogP contribution in [0.3, 0.4) is 0 Å². The van der Waals surface area contributed by atoms with Gasteiger partial charge in [-0.3, -0.25) is 14.4 Å². The molecule has 0 saturated heterocycles. The summed E-state index contributed by atoms with van der Waals surface area (Å²) in [4.78, 5) is 38.6. The average Bonchev–Trinajstić information content (AvgIpc) is 3.04. The highest BCUT2D eigenvalue weighted by Crippen LogP contribution is 2.35. The Kier molecular flexibility index (Phi) is 7.80. The van der Waals surface area contributed by atoms with E-state index in [-0.39, 0.29) is 28.9 Å². The lowest BCUT2D eigenvalue weighted by Gasteiger charge is -2.39. The third-order valence-electron chi connectivity index (χ3n) is 6.10. The SMILES string of the molecule is Cc1cc(C#N)cnc1C(=O)Nc1ccc(F)c([C@]2(C)C[S@@]3(=O)=NCCCCN3C(NC(=O)OC(C)(C)C)=N2)n1. The van der Waals surface area contributed by atoms with Gasteiger partial charge < -0.3 is 10.1 Å². The lowest BCUT2D eigenvalue weighted by molar-refractivity contribution is 0.0558. The van der Waals surface area contributed by atoms with E-state index in [0.717, 1.165) is 6.07 Å². The number of nitrogens with zero attached hydrogens (tertiary/aromatic N) is 6. The number of alkyl carbamates (subject to hydrolysis) is 1. The molecule has 40 heavy (non-hydrogen) atoms. The molecule has 2 aromatic heterocycles. The predicted molar refractivity (Wildman–Crippen MR) is 146 cm³/mol. The Bertz CT molecular complexity index is 1550. The van der Waals surface area contributed by atoms with E-state index in [1.807, 2.05) is 6.07 Å². The summed E-state index contributed by atoms with van der Waals surface area (Å²) in [7, 11) is -3.14. The van der Waals surface area contributed by atoms with Crippen LogP contribution in [0.5, 0.6) is 0 Å². The number of nitrogens with one attached hydrogen (secondary N) is 2. The summed E-state index contributed by atoms with van der Waals surface area (Å²) in [5, 5.41) is 14.2. The maximum atomic E-state index is 15.3. The lowest BCUT2D eigenvalue weighted by atomic mass is 9.99. The van der Waals surface area contributed by atoms with Crippen LogP contribution in [0.4, 0.5) is 15.0 Å². The second kappa shape index (κ2) is 10.8. The highest BCUT2D eigenvalue weighted by Gasteiger charge is 2.44. The molecule has 0 radical (unpaired) electrons. The van der Waals surface area contributed by atoms with Gasteiger partial charge in [0.05, 0.1) is 17.9 Å². The lowest BCUT2D eigenvalue weighted by Crippen LogP contribution is -2.55. The minimum atomic E-state index is -3.14. The number of carbonyl (C=O) groups is 2. The third kappa shape index (κ3) is 6.20. The van der Waals surface area contributed by atoms with Crippen LogP contribution in [-0.2, 0) is 20.2 Å². The summed E-state index contributed by atoms with van der Waals surface area (Å²) < 4.78 is 40.7. The molecule has 212 valence electrons. The van der Waals surface area contributed by atoms with Gasteiger partial charge in [0, 0.05) is 12.7 Å². The molecule has 0 saturated carbocycles. The van der Waals surface area contributed by atoms with Gasteiger partial charge in [-0.05, 0) is 71.2 Å². The van der Waals surface area contributed by atoms with Crippen molar-refractivity contribution >= 4 is 33.7 Å². The minimum Gasteiger partial charge on any atom is -0.444 e. The van der Waals surface area contributed by atoms with Gasteiger partial charge in [0.15, 0.2) is 0 Å². The molecular formula is C26H31FN8O4S. The fourth-order valence-corrected chi connectivity index (χ4v) is 6.89. The quantitative estimate of drug-likeness (QED) is 0.569. The number of pyridine rings is 2. The molecule has 12 nitrogen and oxygen atoms in total. The first-order valence-corrected chi connectivity index (χ1v) is 14.3. The number of aliphatic imine (C=N–C) groups is 1. The van der Waals surface area contributed by atoms with Crippen LogP contribution in [0.2, 0.25) is 0 Å². The average molecular weight is 571 g/mol. The van der Waals surface area contributed by atoms with Crippen LogP contribution in [0, 0.1) is 24.1 Å². The van der Waals surface area contributed by atoms with Crippen molar-refractivity contribution in [1.29, 1.82) is 5.26 Å². The molecule has 2 atom stereocenters. The van der Waals surface area contributed by atoms with Crippen molar-refractivity contribution in [3.63, 3.8) is 0 Å². The molecule has 0 aromatic carbocycles. The molecule has 14 heteroatoms. The van der Waals surface area contributed by atoms with Gasteiger partial charge in [0.25, 0.3) is 5.91 Å². The molecular weight excluding hydrogens is 539 g/mol. The van der Waals surface area contributed by atoms with Crippen LogP contribution in [0.15, 0.2) is 33.8 Å². The zero-order chi connectivity index (χ0) is 29.3. The van der Waals surface area contributed by atoms with Gasteiger partial charge in [-0.15, -0.1) is 0 Å². The zero-order valence-electron chi connectivity index (χ0n) is 22.9. The molecule has 2 aliphatic heterocycles. The normalized spacial score (nSPS) is 22.5. The van der Waals surface area contributed by atoms with Gasteiger partial charge in [0.2, 0.25) is 5.96 Å². The monoisotopic (exact) mass is 570 g/mol. The number of guanidine groups is 1. The summed E-state index contributed by atoms with van der Waals surface area (Å²) in [6.45, 7) is 8.98. The Morgan fingerprint density at radius 3 is 2.67 bits per heavy atom. The molecule has 4 heterocycles. The van der Waals surface area contributed by atoms with Crippen LogP contribution in [0.1, 0.15) is 67.8 Å². The number of amides is 2. The summed E-state index contributed by atoms with van der Waals surface area (Å²) in [5.41, 5.74) is -1.63. The van der Waals surface area contributed by atoms with E-state index in [2.05, 4.69) is 30.0 Å². The maximum Gasteiger partial charge on any atom is 0.414 e. The Morgan fingerprint density at radius 2 is 2.00 bits per heavy atom. The van der Waals surface area contributed by atoms with Crippen LogP contribution in [-0.4, -0.2) is 60.9 Å². The van der Waals surface area contributed by atoms with Crippen molar-refractivity contribution in [2.45, 2.75) is 58.6 Å². The molecule has 0 spiro atoms. The molecule has 0 aliphatic carbocycles. The number of carbonyl (C=O) groups excluding carboxylic acids is 2.